The second-order valence-electron chi connectivity index (χ2n) is 4.43. The molecule has 0 aliphatic carbocycles. The third-order valence-electron chi connectivity index (χ3n) is 3.17. The molecule has 3 nitrogen and oxygen atoms in total. The van der Waals surface area contributed by atoms with Crippen LogP contribution < -0.4 is 5.32 Å². The Labute approximate surface area is 96.5 Å². The molecule has 16 heavy (non-hydrogen) atoms. The Morgan fingerprint density at radius 2 is 2.31 bits per heavy atom. The van der Waals surface area contributed by atoms with Gasteiger partial charge in [0.2, 0.25) is 0 Å². The predicted octanol–water partition coefficient (Wildman–Crippen LogP) is 1.43. The van der Waals surface area contributed by atoms with Gasteiger partial charge in [-0.25, -0.2) is 0 Å². The van der Waals surface area contributed by atoms with E-state index in [0.29, 0.717) is 6.04 Å². The molecular formula is C13H18N2O. The van der Waals surface area contributed by atoms with E-state index in [1.165, 1.54) is 0 Å². The molecule has 1 heterocycles. The van der Waals surface area contributed by atoms with E-state index in [-0.39, 0.29) is 5.91 Å². The molecule has 1 fully saturated rings. The molecule has 3 heteroatoms. The van der Waals surface area contributed by atoms with Crippen LogP contribution in [0.5, 0.6) is 0 Å². The summed E-state index contributed by atoms with van der Waals surface area (Å²) in [6.07, 6.45) is 1.05. The fourth-order valence-corrected chi connectivity index (χ4v) is 2.12. The average molecular weight is 218 g/mol. The van der Waals surface area contributed by atoms with Gasteiger partial charge in [-0.15, -0.1) is 0 Å². The lowest BCUT2D eigenvalue weighted by molar-refractivity contribution is 0.0743. The van der Waals surface area contributed by atoms with Crippen LogP contribution in [0.25, 0.3) is 0 Å². The summed E-state index contributed by atoms with van der Waals surface area (Å²) in [5.74, 6) is 0.123. The molecule has 1 aromatic rings. The van der Waals surface area contributed by atoms with Gasteiger partial charge in [0.05, 0.1) is 0 Å². The van der Waals surface area contributed by atoms with Gasteiger partial charge in [0.15, 0.2) is 0 Å². The zero-order valence-corrected chi connectivity index (χ0v) is 9.86. The normalized spacial score (nSPS) is 19.8. The van der Waals surface area contributed by atoms with Gasteiger partial charge in [-0.2, -0.15) is 0 Å². The number of amides is 1. The summed E-state index contributed by atoms with van der Waals surface area (Å²) in [6.45, 7) is 3.93. The van der Waals surface area contributed by atoms with Gasteiger partial charge in [-0.05, 0) is 32.0 Å². The highest BCUT2D eigenvalue weighted by molar-refractivity contribution is 5.94. The quantitative estimate of drug-likeness (QED) is 0.814. The highest BCUT2D eigenvalue weighted by Crippen LogP contribution is 2.12. The Kier molecular flexibility index (Phi) is 3.25. The predicted molar refractivity (Wildman–Crippen MR) is 64.5 cm³/mol. The van der Waals surface area contributed by atoms with Crippen molar-refractivity contribution in [1.29, 1.82) is 0 Å². The minimum atomic E-state index is 0.123. The first-order chi connectivity index (χ1) is 7.68. The van der Waals surface area contributed by atoms with E-state index in [0.717, 1.165) is 30.6 Å². The Balaban J connectivity index is 2.12. The van der Waals surface area contributed by atoms with Crippen molar-refractivity contribution in [2.24, 2.45) is 0 Å². The van der Waals surface area contributed by atoms with Gasteiger partial charge in [0.25, 0.3) is 5.91 Å². The summed E-state index contributed by atoms with van der Waals surface area (Å²) >= 11 is 0. The lowest BCUT2D eigenvalue weighted by Gasteiger charge is -2.23. The number of carbonyl (C=O) groups excluding carboxylic acids is 1. The van der Waals surface area contributed by atoms with E-state index in [4.69, 9.17) is 0 Å². The second kappa shape index (κ2) is 4.66. The molecule has 0 aromatic heterocycles. The van der Waals surface area contributed by atoms with Crippen LogP contribution in [0.1, 0.15) is 22.3 Å². The number of likely N-dealkylation sites (N-methyl/N-ethyl adjacent to an activating group) is 1. The third-order valence-corrected chi connectivity index (χ3v) is 3.17. The summed E-state index contributed by atoms with van der Waals surface area (Å²) in [4.78, 5) is 14.0. The summed E-state index contributed by atoms with van der Waals surface area (Å²) in [6, 6.07) is 8.11. The fraction of sp³-hybridized carbons (Fsp3) is 0.462. The molecule has 1 amide bonds. The van der Waals surface area contributed by atoms with E-state index in [9.17, 15) is 4.79 Å². The smallest absolute Gasteiger partial charge is 0.253 e. The molecule has 0 saturated carbocycles. The number of hydrogen-bond acceptors (Lipinski definition) is 2. The van der Waals surface area contributed by atoms with Crippen molar-refractivity contribution in [3.05, 3.63) is 35.4 Å². The Bertz CT molecular complexity index is 383. The number of nitrogens with zero attached hydrogens (tertiary/aromatic N) is 1. The number of hydrogen-bond donors (Lipinski definition) is 1. The van der Waals surface area contributed by atoms with Crippen LogP contribution in [0.3, 0.4) is 0 Å². The van der Waals surface area contributed by atoms with Gasteiger partial charge in [-0.1, -0.05) is 17.7 Å². The largest absolute Gasteiger partial charge is 0.337 e. The van der Waals surface area contributed by atoms with Gasteiger partial charge in [0, 0.05) is 25.2 Å². The summed E-state index contributed by atoms with van der Waals surface area (Å²) < 4.78 is 0. The van der Waals surface area contributed by atoms with E-state index in [1.54, 1.807) is 0 Å². The van der Waals surface area contributed by atoms with Crippen molar-refractivity contribution in [3.8, 4) is 0 Å². The number of benzene rings is 1. The number of aryl methyl sites for hydroxylation is 1. The van der Waals surface area contributed by atoms with E-state index >= 15 is 0 Å². The van der Waals surface area contributed by atoms with Crippen molar-refractivity contribution in [1.82, 2.24) is 10.2 Å². The first-order valence-electron chi connectivity index (χ1n) is 5.73. The van der Waals surface area contributed by atoms with Crippen LogP contribution in [-0.2, 0) is 0 Å². The Morgan fingerprint density at radius 1 is 1.50 bits per heavy atom. The molecule has 1 aromatic carbocycles. The molecule has 86 valence electrons. The van der Waals surface area contributed by atoms with Gasteiger partial charge < -0.3 is 10.2 Å². The minimum absolute atomic E-state index is 0.123. The van der Waals surface area contributed by atoms with Crippen molar-refractivity contribution < 1.29 is 4.79 Å². The zero-order chi connectivity index (χ0) is 11.5. The molecule has 0 bridgehead atoms. The van der Waals surface area contributed by atoms with Crippen LogP contribution in [0.4, 0.5) is 0 Å². The first-order valence-corrected chi connectivity index (χ1v) is 5.73. The van der Waals surface area contributed by atoms with Gasteiger partial charge >= 0.3 is 0 Å². The van der Waals surface area contributed by atoms with E-state index in [2.05, 4.69) is 5.32 Å². The maximum atomic E-state index is 12.2. The lowest BCUT2D eigenvalue weighted by atomic mass is 10.1. The SMILES string of the molecule is Cc1cccc(C(=O)N(C)[C@@H]2CCNC2)c1. The molecule has 0 unspecified atom stereocenters. The number of nitrogens with one attached hydrogen (secondary N) is 1. The highest BCUT2D eigenvalue weighted by Gasteiger charge is 2.23. The van der Waals surface area contributed by atoms with Gasteiger partial charge in [0.1, 0.15) is 0 Å². The fourth-order valence-electron chi connectivity index (χ4n) is 2.12. The summed E-state index contributed by atoms with van der Waals surface area (Å²) in [7, 11) is 1.89. The van der Waals surface area contributed by atoms with Crippen molar-refractivity contribution in [3.63, 3.8) is 0 Å². The zero-order valence-electron chi connectivity index (χ0n) is 9.86. The van der Waals surface area contributed by atoms with Crippen LogP contribution in [0, 0.1) is 6.92 Å². The van der Waals surface area contributed by atoms with Crippen LogP contribution >= 0.6 is 0 Å². The monoisotopic (exact) mass is 218 g/mol. The van der Waals surface area contributed by atoms with Crippen molar-refractivity contribution in [2.75, 3.05) is 20.1 Å². The molecular weight excluding hydrogens is 200 g/mol. The maximum Gasteiger partial charge on any atom is 0.253 e. The van der Waals surface area contributed by atoms with Crippen LogP contribution in [0.2, 0.25) is 0 Å². The molecule has 1 atom stereocenters. The number of rotatable bonds is 2. The Hall–Kier alpha value is -1.35. The lowest BCUT2D eigenvalue weighted by Crippen LogP contribution is -2.38. The molecule has 1 saturated heterocycles. The van der Waals surface area contributed by atoms with Crippen molar-refractivity contribution >= 4 is 5.91 Å². The molecule has 1 N–H and O–H groups in total. The molecule has 0 radical (unpaired) electrons. The third kappa shape index (κ3) is 2.25. The average Bonchev–Trinajstić information content (AvgIpc) is 2.80. The van der Waals surface area contributed by atoms with E-state index < -0.39 is 0 Å². The van der Waals surface area contributed by atoms with E-state index in [1.807, 2.05) is 43.1 Å². The number of carbonyl (C=O) groups is 1. The summed E-state index contributed by atoms with van der Waals surface area (Å²) in [5.41, 5.74) is 1.91. The maximum absolute atomic E-state index is 12.2. The molecule has 1 aliphatic rings. The second-order valence-corrected chi connectivity index (χ2v) is 4.43. The van der Waals surface area contributed by atoms with Crippen molar-refractivity contribution in [2.45, 2.75) is 19.4 Å². The van der Waals surface area contributed by atoms with Crippen LogP contribution in [0.15, 0.2) is 24.3 Å². The Morgan fingerprint density at radius 3 is 2.94 bits per heavy atom. The minimum Gasteiger partial charge on any atom is -0.337 e. The van der Waals surface area contributed by atoms with Gasteiger partial charge in [-0.3, -0.25) is 4.79 Å². The molecule has 2 rings (SSSR count). The molecule has 0 spiro atoms. The van der Waals surface area contributed by atoms with Crippen LogP contribution in [-0.4, -0.2) is 37.0 Å². The standard InChI is InChI=1S/C13H18N2O/c1-10-4-3-5-11(8-10)13(16)15(2)12-6-7-14-9-12/h3-5,8,12,14H,6-7,9H2,1-2H3/t12-/m1/s1. The first kappa shape index (κ1) is 11.1. The summed E-state index contributed by atoms with van der Waals surface area (Å²) in [5, 5.41) is 3.28. The topological polar surface area (TPSA) is 32.3 Å². The molecule has 1 aliphatic heterocycles. The highest BCUT2D eigenvalue weighted by atomic mass is 16.2.